The van der Waals surface area contributed by atoms with Gasteiger partial charge in [0.05, 0.1) is 12.8 Å². The van der Waals surface area contributed by atoms with Gasteiger partial charge in [0.15, 0.2) is 5.75 Å². The molecule has 0 fully saturated rings. The van der Waals surface area contributed by atoms with Gasteiger partial charge in [-0.1, -0.05) is 30.3 Å². The minimum absolute atomic E-state index is 0.0670. The molecule has 0 aliphatic carbocycles. The fraction of sp³-hybridized carbons (Fsp3) is 0.312. The van der Waals surface area contributed by atoms with E-state index in [2.05, 4.69) is 0 Å². The molecule has 0 amide bonds. The van der Waals surface area contributed by atoms with Gasteiger partial charge in [0.1, 0.15) is 0 Å². The Labute approximate surface area is 123 Å². The summed E-state index contributed by atoms with van der Waals surface area (Å²) >= 11 is 0. The van der Waals surface area contributed by atoms with E-state index in [1.807, 2.05) is 46.8 Å². The molecule has 2 aromatic rings. The molecule has 2 rings (SSSR count). The van der Waals surface area contributed by atoms with E-state index in [1.165, 1.54) is 12.3 Å². The molecule has 0 aliphatic rings. The van der Waals surface area contributed by atoms with Crippen LogP contribution in [0, 0.1) is 0 Å². The van der Waals surface area contributed by atoms with Crippen LogP contribution in [-0.4, -0.2) is 39.9 Å². The molecule has 0 bridgehead atoms. The van der Waals surface area contributed by atoms with E-state index in [9.17, 15) is 9.90 Å². The summed E-state index contributed by atoms with van der Waals surface area (Å²) in [6, 6.07) is 11.3. The van der Waals surface area contributed by atoms with E-state index < -0.39 is 0 Å². The van der Waals surface area contributed by atoms with Gasteiger partial charge >= 0.3 is 0 Å². The highest BCUT2D eigenvalue weighted by Crippen LogP contribution is 2.11. The molecule has 1 aromatic carbocycles. The summed E-state index contributed by atoms with van der Waals surface area (Å²) in [5.74, 6) is -0.250. The van der Waals surface area contributed by atoms with E-state index in [0.29, 0.717) is 19.6 Å². The molecule has 112 valence electrons. The van der Waals surface area contributed by atoms with Gasteiger partial charge in [-0.3, -0.25) is 9.69 Å². The molecule has 0 saturated heterocycles. The maximum Gasteiger partial charge on any atom is 0.223 e. The van der Waals surface area contributed by atoms with Crippen molar-refractivity contribution in [1.82, 2.24) is 9.47 Å². The first-order chi connectivity index (χ1) is 10.1. The third-order valence-electron chi connectivity index (χ3n) is 3.31. The zero-order chi connectivity index (χ0) is 15.2. The highest BCUT2D eigenvalue weighted by atomic mass is 16.3. The van der Waals surface area contributed by atoms with Crippen LogP contribution in [0.3, 0.4) is 0 Å². The predicted octanol–water partition coefficient (Wildman–Crippen LogP) is 1.03. The molecule has 0 aliphatic heterocycles. The second-order valence-electron chi connectivity index (χ2n) is 5.09. The molecule has 0 atom stereocenters. The van der Waals surface area contributed by atoms with Gasteiger partial charge in [0.25, 0.3) is 0 Å². The largest absolute Gasteiger partial charge is 0.503 e. The predicted molar refractivity (Wildman–Crippen MR) is 81.3 cm³/mol. The Balaban J connectivity index is 2.29. The summed E-state index contributed by atoms with van der Waals surface area (Å²) in [6.07, 6.45) is 1.47. The highest BCUT2D eigenvalue weighted by molar-refractivity contribution is 5.23. The van der Waals surface area contributed by atoms with Crippen molar-refractivity contribution in [3.63, 3.8) is 0 Å². The number of aromatic hydroxyl groups is 1. The zero-order valence-corrected chi connectivity index (χ0v) is 12.1. The monoisotopic (exact) mass is 288 g/mol. The molecule has 1 heterocycles. The first-order valence-corrected chi connectivity index (χ1v) is 6.86. The van der Waals surface area contributed by atoms with Gasteiger partial charge in [0.2, 0.25) is 5.43 Å². The van der Waals surface area contributed by atoms with Gasteiger partial charge in [-0.05, 0) is 12.6 Å². The molecule has 5 heteroatoms. The van der Waals surface area contributed by atoms with E-state index in [-0.39, 0.29) is 17.8 Å². The van der Waals surface area contributed by atoms with E-state index >= 15 is 0 Å². The number of aliphatic hydroxyl groups is 1. The molecule has 0 unspecified atom stereocenters. The number of aromatic nitrogens is 1. The summed E-state index contributed by atoms with van der Waals surface area (Å²) in [6.45, 7) is 1.71. The molecule has 1 aromatic heterocycles. The fourth-order valence-corrected chi connectivity index (χ4v) is 2.19. The van der Waals surface area contributed by atoms with Crippen molar-refractivity contribution >= 4 is 0 Å². The lowest BCUT2D eigenvalue weighted by molar-refractivity contribution is 0.214. The minimum atomic E-state index is -0.383. The lowest BCUT2D eigenvalue weighted by atomic mass is 10.2. The SMILES string of the molecule is CN(CCO)Cc1cc(=O)c(O)cn1Cc1ccccc1. The Kier molecular flexibility index (Phi) is 5.14. The zero-order valence-electron chi connectivity index (χ0n) is 12.1. The van der Waals surface area contributed by atoms with Crippen LogP contribution in [0.25, 0.3) is 0 Å². The average molecular weight is 288 g/mol. The van der Waals surface area contributed by atoms with E-state index in [4.69, 9.17) is 5.11 Å². The van der Waals surface area contributed by atoms with E-state index in [0.717, 1.165) is 11.3 Å². The molecule has 0 spiro atoms. The first kappa shape index (κ1) is 15.3. The number of aliphatic hydroxyl groups excluding tert-OH is 1. The maximum atomic E-state index is 11.7. The van der Waals surface area contributed by atoms with Crippen molar-refractivity contribution in [3.05, 3.63) is 64.1 Å². The summed E-state index contributed by atoms with van der Waals surface area (Å²) in [5.41, 5.74) is 1.51. The number of rotatable bonds is 6. The number of hydrogen-bond acceptors (Lipinski definition) is 4. The van der Waals surface area contributed by atoms with Gasteiger partial charge in [-0.15, -0.1) is 0 Å². The van der Waals surface area contributed by atoms with Gasteiger partial charge in [-0.25, -0.2) is 0 Å². The minimum Gasteiger partial charge on any atom is -0.503 e. The van der Waals surface area contributed by atoms with Crippen LogP contribution in [0.5, 0.6) is 5.75 Å². The van der Waals surface area contributed by atoms with Crippen LogP contribution in [-0.2, 0) is 13.1 Å². The summed E-state index contributed by atoms with van der Waals surface area (Å²) < 4.78 is 1.86. The van der Waals surface area contributed by atoms with Crippen molar-refractivity contribution < 1.29 is 10.2 Å². The topological polar surface area (TPSA) is 65.7 Å². The van der Waals surface area contributed by atoms with Crippen LogP contribution < -0.4 is 5.43 Å². The Bertz CT molecular complexity index is 638. The normalized spacial score (nSPS) is 11.0. The Morgan fingerprint density at radius 2 is 1.95 bits per heavy atom. The maximum absolute atomic E-state index is 11.7. The highest BCUT2D eigenvalue weighted by Gasteiger charge is 2.09. The van der Waals surface area contributed by atoms with Crippen molar-refractivity contribution in [2.75, 3.05) is 20.2 Å². The smallest absolute Gasteiger partial charge is 0.223 e. The quantitative estimate of drug-likeness (QED) is 0.833. The number of pyridine rings is 1. The summed E-state index contributed by atoms with van der Waals surface area (Å²) in [7, 11) is 1.88. The molecule has 21 heavy (non-hydrogen) atoms. The standard InChI is InChI=1S/C16H20N2O3/c1-17(7-8-19)11-14-9-15(20)16(21)12-18(14)10-13-5-3-2-4-6-13/h2-6,9,12,19,21H,7-8,10-11H2,1H3. The second-order valence-corrected chi connectivity index (χ2v) is 5.09. The second kappa shape index (κ2) is 7.06. The lowest BCUT2D eigenvalue weighted by Crippen LogP contribution is -2.25. The third kappa shape index (κ3) is 4.18. The molecular weight excluding hydrogens is 268 g/mol. The Hall–Kier alpha value is -2.11. The number of hydrogen-bond donors (Lipinski definition) is 2. The molecular formula is C16H20N2O3. The average Bonchev–Trinajstić information content (AvgIpc) is 2.45. The molecule has 0 saturated carbocycles. The van der Waals surface area contributed by atoms with Crippen molar-refractivity contribution in [3.8, 4) is 5.75 Å². The van der Waals surface area contributed by atoms with Gasteiger partial charge in [0, 0.05) is 31.4 Å². The molecule has 2 N–H and O–H groups in total. The lowest BCUT2D eigenvalue weighted by Gasteiger charge is -2.19. The van der Waals surface area contributed by atoms with Crippen molar-refractivity contribution in [1.29, 1.82) is 0 Å². The summed E-state index contributed by atoms with van der Waals surface area (Å²) in [5, 5.41) is 18.6. The Morgan fingerprint density at radius 3 is 2.62 bits per heavy atom. The molecule has 0 radical (unpaired) electrons. The van der Waals surface area contributed by atoms with E-state index in [1.54, 1.807) is 0 Å². The number of likely N-dealkylation sites (N-methyl/N-ethyl adjacent to an activating group) is 1. The number of nitrogens with zero attached hydrogens (tertiary/aromatic N) is 2. The van der Waals surface area contributed by atoms with Crippen molar-refractivity contribution in [2.24, 2.45) is 0 Å². The van der Waals surface area contributed by atoms with Gasteiger partial charge < -0.3 is 14.8 Å². The van der Waals surface area contributed by atoms with Crippen LogP contribution in [0.15, 0.2) is 47.4 Å². The van der Waals surface area contributed by atoms with Crippen LogP contribution >= 0.6 is 0 Å². The fourth-order valence-electron chi connectivity index (χ4n) is 2.19. The van der Waals surface area contributed by atoms with Crippen LogP contribution in [0.1, 0.15) is 11.3 Å². The van der Waals surface area contributed by atoms with Gasteiger partial charge in [-0.2, -0.15) is 0 Å². The third-order valence-corrected chi connectivity index (χ3v) is 3.31. The van der Waals surface area contributed by atoms with Crippen LogP contribution in [0.2, 0.25) is 0 Å². The number of benzene rings is 1. The van der Waals surface area contributed by atoms with Crippen LogP contribution in [0.4, 0.5) is 0 Å². The van der Waals surface area contributed by atoms with Crippen molar-refractivity contribution in [2.45, 2.75) is 13.1 Å². The first-order valence-electron chi connectivity index (χ1n) is 6.86. The Morgan fingerprint density at radius 1 is 1.24 bits per heavy atom. The summed E-state index contributed by atoms with van der Waals surface area (Å²) in [4.78, 5) is 13.6. The molecule has 5 nitrogen and oxygen atoms in total.